The Hall–Kier alpha value is -3.47. The van der Waals surface area contributed by atoms with Crippen molar-refractivity contribution in [2.45, 2.75) is 40.5 Å². The summed E-state index contributed by atoms with van der Waals surface area (Å²) in [6, 6.07) is 6.43. The molecule has 0 aliphatic heterocycles. The summed E-state index contributed by atoms with van der Waals surface area (Å²) in [6.07, 6.45) is 4.76. The summed E-state index contributed by atoms with van der Waals surface area (Å²) in [5.74, 6) is -0.351. The Labute approximate surface area is 213 Å². The molecule has 4 heterocycles. The van der Waals surface area contributed by atoms with Crippen LogP contribution >= 0.6 is 11.6 Å². The van der Waals surface area contributed by atoms with Gasteiger partial charge in [0, 0.05) is 30.4 Å². The minimum atomic E-state index is -2.72. The molecule has 4 rings (SSSR count). The van der Waals surface area contributed by atoms with Crippen molar-refractivity contribution in [3.05, 3.63) is 86.6 Å². The number of hydrogen-bond acceptors (Lipinski definition) is 7. The largest absolute Gasteiger partial charge is 0.485 e. The van der Waals surface area contributed by atoms with Gasteiger partial charge >= 0.3 is 0 Å². The highest BCUT2D eigenvalue weighted by Crippen LogP contribution is 2.27. The molecule has 8 nitrogen and oxygen atoms in total. The Kier molecular flexibility index (Phi) is 7.03. The van der Waals surface area contributed by atoms with Crippen LogP contribution < -0.4 is 15.7 Å². The number of hydrogen-bond donors (Lipinski definition) is 1. The topological polar surface area (TPSA) is 103 Å². The van der Waals surface area contributed by atoms with Gasteiger partial charge in [0.15, 0.2) is 0 Å². The number of halogens is 2. The summed E-state index contributed by atoms with van der Waals surface area (Å²) >= 11 is 6.40. The van der Waals surface area contributed by atoms with Gasteiger partial charge in [-0.05, 0) is 63.2 Å². The molecule has 11 heteroatoms. The number of pyridine rings is 3. The molecule has 0 aromatic carbocycles. The predicted octanol–water partition coefficient (Wildman–Crippen LogP) is 3.79. The smallest absolute Gasteiger partial charge is 0.277 e. The lowest BCUT2D eigenvalue weighted by Crippen LogP contribution is -2.45. The number of nitrogens with zero attached hydrogens (tertiary/aromatic N) is 5. The van der Waals surface area contributed by atoms with E-state index in [1.807, 2.05) is 6.92 Å². The molecule has 36 heavy (non-hydrogen) atoms. The van der Waals surface area contributed by atoms with Gasteiger partial charge in [-0.1, -0.05) is 11.6 Å². The summed E-state index contributed by atoms with van der Waals surface area (Å²) < 4.78 is 21.3. The highest BCUT2D eigenvalue weighted by atomic mass is 35.5. The van der Waals surface area contributed by atoms with Crippen LogP contribution in [0.3, 0.4) is 0 Å². The molecule has 0 unspecified atom stereocenters. The summed E-state index contributed by atoms with van der Waals surface area (Å²) in [7, 11) is -2.72. The van der Waals surface area contributed by atoms with Crippen LogP contribution in [0.1, 0.15) is 22.5 Å². The van der Waals surface area contributed by atoms with Gasteiger partial charge in [0.1, 0.15) is 34.3 Å². The molecular formula is C25H25ClFN5O3Si. The van der Waals surface area contributed by atoms with Crippen molar-refractivity contribution in [3.8, 4) is 22.8 Å². The van der Waals surface area contributed by atoms with Crippen molar-refractivity contribution in [2.24, 2.45) is 0 Å². The fraction of sp³-hybridized carbons (Fsp3) is 0.240. The molecule has 0 amide bonds. The lowest BCUT2D eigenvalue weighted by molar-refractivity contribution is 0.293. The minimum absolute atomic E-state index is 0.117. The SMILES string of the molecule is Cc1cnc(COc2cc(C)n(-c3cc(-c4ccnc([Si](C)(C)O)n4)ncc3C)c(=O)c2Cl)c(F)c1. The predicted molar refractivity (Wildman–Crippen MR) is 138 cm³/mol. The zero-order valence-corrected chi connectivity index (χ0v) is 22.3. The third-order valence-electron chi connectivity index (χ3n) is 5.50. The third-order valence-corrected chi connectivity index (χ3v) is 7.18. The van der Waals surface area contributed by atoms with Gasteiger partial charge in [-0.2, -0.15) is 0 Å². The van der Waals surface area contributed by atoms with Crippen molar-refractivity contribution in [3.63, 3.8) is 0 Å². The molecule has 4 aromatic rings. The third kappa shape index (κ3) is 5.20. The van der Waals surface area contributed by atoms with Crippen molar-refractivity contribution in [1.29, 1.82) is 0 Å². The Morgan fingerprint density at radius 2 is 1.83 bits per heavy atom. The minimum Gasteiger partial charge on any atom is -0.485 e. The molecule has 0 bridgehead atoms. The van der Waals surface area contributed by atoms with E-state index in [2.05, 4.69) is 19.9 Å². The summed E-state index contributed by atoms with van der Waals surface area (Å²) in [4.78, 5) is 40.9. The zero-order chi connectivity index (χ0) is 26.2. The van der Waals surface area contributed by atoms with E-state index in [-0.39, 0.29) is 23.1 Å². The van der Waals surface area contributed by atoms with Crippen LogP contribution in [-0.4, -0.2) is 37.6 Å². The van der Waals surface area contributed by atoms with Gasteiger partial charge in [0.2, 0.25) is 0 Å². The van der Waals surface area contributed by atoms with Crippen LogP contribution in [0.5, 0.6) is 5.75 Å². The standard InChI is InChI=1S/C25H25ClFN5O3Si/c1-14-8-17(27)20(29-11-14)13-35-22-9-16(3)32(24(33)23(22)26)21-10-19(30-12-15(21)2)18-6-7-28-25(31-18)36(4,5)34/h6-12,34H,13H2,1-5H3. The molecule has 0 saturated carbocycles. The first-order chi connectivity index (χ1) is 17.0. The molecule has 0 saturated heterocycles. The summed E-state index contributed by atoms with van der Waals surface area (Å²) in [5.41, 5.74) is 3.63. The molecule has 1 N–H and O–H groups in total. The van der Waals surface area contributed by atoms with Gasteiger partial charge in [-0.25, -0.2) is 14.4 Å². The number of aryl methyl sites for hydroxylation is 3. The fourth-order valence-electron chi connectivity index (χ4n) is 3.59. The molecule has 0 spiro atoms. The Balaban J connectivity index is 1.72. The highest BCUT2D eigenvalue weighted by molar-refractivity contribution is 6.81. The first kappa shape index (κ1) is 25.6. The van der Waals surface area contributed by atoms with Gasteiger partial charge < -0.3 is 9.53 Å². The lowest BCUT2D eigenvalue weighted by atomic mass is 10.1. The zero-order valence-electron chi connectivity index (χ0n) is 20.5. The van der Waals surface area contributed by atoms with E-state index in [1.54, 1.807) is 63.7 Å². The second kappa shape index (κ2) is 9.88. The van der Waals surface area contributed by atoms with Gasteiger partial charge in [0.05, 0.1) is 17.1 Å². The van der Waals surface area contributed by atoms with E-state index < -0.39 is 19.7 Å². The summed E-state index contributed by atoms with van der Waals surface area (Å²) in [5, 5.41) is -0.136. The Morgan fingerprint density at radius 1 is 1.08 bits per heavy atom. The fourth-order valence-corrected chi connectivity index (χ4v) is 4.57. The number of ether oxygens (including phenoxy) is 1. The monoisotopic (exact) mass is 525 g/mol. The van der Waals surface area contributed by atoms with Gasteiger partial charge in [-0.15, -0.1) is 0 Å². The first-order valence-electron chi connectivity index (χ1n) is 11.1. The van der Waals surface area contributed by atoms with Crippen molar-refractivity contribution < 1.29 is 13.9 Å². The normalized spacial score (nSPS) is 11.6. The molecule has 0 aliphatic carbocycles. The molecule has 0 aliphatic rings. The number of aromatic nitrogens is 5. The Morgan fingerprint density at radius 3 is 2.53 bits per heavy atom. The highest BCUT2D eigenvalue weighted by Gasteiger charge is 2.25. The van der Waals surface area contributed by atoms with E-state index in [4.69, 9.17) is 16.3 Å². The van der Waals surface area contributed by atoms with E-state index >= 15 is 0 Å². The van der Waals surface area contributed by atoms with Gasteiger partial charge in [0.25, 0.3) is 13.9 Å². The van der Waals surface area contributed by atoms with E-state index in [1.165, 1.54) is 10.6 Å². The molecule has 186 valence electrons. The van der Waals surface area contributed by atoms with Crippen LogP contribution in [0.25, 0.3) is 17.1 Å². The van der Waals surface area contributed by atoms with Crippen LogP contribution in [0, 0.1) is 26.6 Å². The molecule has 0 fully saturated rings. The van der Waals surface area contributed by atoms with Crippen molar-refractivity contribution in [1.82, 2.24) is 24.5 Å². The van der Waals surface area contributed by atoms with Gasteiger partial charge in [-0.3, -0.25) is 19.3 Å². The molecule has 4 aromatic heterocycles. The Bertz CT molecular complexity index is 1520. The maximum Gasteiger partial charge on any atom is 0.277 e. The van der Waals surface area contributed by atoms with E-state index in [0.29, 0.717) is 33.8 Å². The van der Waals surface area contributed by atoms with Crippen molar-refractivity contribution >= 4 is 25.4 Å². The van der Waals surface area contributed by atoms with Crippen LogP contribution in [0.4, 0.5) is 4.39 Å². The maximum atomic E-state index is 14.1. The molecule has 0 atom stereocenters. The lowest BCUT2D eigenvalue weighted by Gasteiger charge is -2.17. The first-order valence-corrected chi connectivity index (χ1v) is 14.5. The average Bonchev–Trinajstić information content (AvgIpc) is 2.82. The second-order valence-corrected chi connectivity index (χ2v) is 13.0. The number of rotatable bonds is 6. The van der Waals surface area contributed by atoms with E-state index in [9.17, 15) is 14.0 Å². The van der Waals surface area contributed by atoms with Crippen LogP contribution in [-0.2, 0) is 6.61 Å². The summed E-state index contributed by atoms with van der Waals surface area (Å²) in [6.45, 7) is 8.62. The van der Waals surface area contributed by atoms with Crippen LogP contribution in [0.2, 0.25) is 18.1 Å². The second-order valence-electron chi connectivity index (χ2n) is 9.01. The quantitative estimate of drug-likeness (QED) is 0.382. The van der Waals surface area contributed by atoms with Crippen LogP contribution in [0.15, 0.2) is 47.7 Å². The van der Waals surface area contributed by atoms with Crippen molar-refractivity contribution in [2.75, 3.05) is 0 Å². The molecule has 0 radical (unpaired) electrons. The maximum absolute atomic E-state index is 14.1. The average molecular weight is 526 g/mol. The van der Waals surface area contributed by atoms with E-state index in [0.717, 1.165) is 5.56 Å². The molecular weight excluding hydrogens is 501 g/mol.